The normalized spacial score (nSPS) is 16.2. The molecule has 1 aliphatic rings. The third-order valence-electron chi connectivity index (χ3n) is 4.72. The second-order valence-electron chi connectivity index (χ2n) is 6.61. The minimum absolute atomic E-state index is 0.0322. The van der Waals surface area contributed by atoms with Gasteiger partial charge in [-0.2, -0.15) is 4.31 Å². The van der Waals surface area contributed by atoms with Gasteiger partial charge >= 0.3 is 0 Å². The number of rotatable bonds is 6. The summed E-state index contributed by atoms with van der Waals surface area (Å²) in [5.41, 5.74) is 0.957. The molecule has 0 aliphatic carbocycles. The van der Waals surface area contributed by atoms with Gasteiger partial charge in [0.1, 0.15) is 5.75 Å². The SMILES string of the molecule is COc1ccc(S(=O)(=O)N2CCC(NC(=O)/C=C/c3ccccc3)CC2)cc1. The van der Waals surface area contributed by atoms with Crippen LogP contribution in [0.2, 0.25) is 0 Å². The van der Waals surface area contributed by atoms with E-state index in [1.807, 2.05) is 30.3 Å². The van der Waals surface area contributed by atoms with Gasteiger partial charge in [0.05, 0.1) is 12.0 Å². The average Bonchev–Trinajstić information content (AvgIpc) is 2.73. The van der Waals surface area contributed by atoms with Crippen LogP contribution in [0.5, 0.6) is 5.75 Å². The van der Waals surface area contributed by atoms with Crippen LogP contribution in [0.3, 0.4) is 0 Å². The Labute approximate surface area is 165 Å². The van der Waals surface area contributed by atoms with Gasteiger partial charge in [-0.1, -0.05) is 30.3 Å². The molecule has 0 atom stereocenters. The molecule has 1 heterocycles. The molecule has 1 N–H and O–H groups in total. The molecule has 1 fully saturated rings. The van der Waals surface area contributed by atoms with Gasteiger partial charge in [0.15, 0.2) is 0 Å². The summed E-state index contributed by atoms with van der Waals surface area (Å²) in [7, 11) is -1.99. The molecular weight excluding hydrogens is 376 g/mol. The minimum Gasteiger partial charge on any atom is -0.497 e. The highest BCUT2D eigenvalue weighted by atomic mass is 32.2. The molecule has 1 saturated heterocycles. The van der Waals surface area contributed by atoms with E-state index < -0.39 is 10.0 Å². The van der Waals surface area contributed by atoms with E-state index in [4.69, 9.17) is 4.74 Å². The van der Waals surface area contributed by atoms with Crippen molar-refractivity contribution in [2.45, 2.75) is 23.8 Å². The molecule has 2 aromatic rings. The molecule has 0 aromatic heterocycles. The summed E-state index contributed by atoms with van der Waals surface area (Å²) in [5.74, 6) is 0.448. The van der Waals surface area contributed by atoms with Crippen LogP contribution < -0.4 is 10.1 Å². The lowest BCUT2D eigenvalue weighted by Crippen LogP contribution is -2.46. The number of carbonyl (C=O) groups excluding carboxylic acids is 1. The highest BCUT2D eigenvalue weighted by Gasteiger charge is 2.29. The van der Waals surface area contributed by atoms with Crippen molar-refractivity contribution in [3.05, 3.63) is 66.2 Å². The molecule has 0 radical (unpaired) electrons. The molecule has 0 saturated carbocycles. The van der Waals surface area contributed by atoms with Crippen molar-refractivity contribution < 1.29 is 17.9 Å². The highest BCUT2D eigenvalue weighted by molar-refractivity contribution is 7.89. The molecular formula is C21H24N2O4S. The van der Waals surface area contributed by atoms with Gasteiger partial charge in [-0.3, -0.25) is 4.79 Å². The van der Waals surface area contributed by atoms with E-state index in [1.165, 1.54) is 17.5 Å². The number of nitrogens with one attached hydrogen (secondary N) is 1. The number of amides is 1. The Balaban J connectivity index is 1.53. The van der Waals surface area contributed by atoms with E-state index in [-0.39, 0.29) is 16.8 Å². The van der Waals surface area contributed by atoms with Crippen molar-refractivity contribution in [2.24, 2.45) is 0 Å². The van der Waals surface area contributed by atoms with Crippen LogP contribution in [0.1, 0.15) is 18.4 Å². The molecule has 0 unspecified atom stereocenters. The zero-order valence-electron chi connectivity index (χ0n) is 15.7. The van der Waals surface area contributed by atoms with Crippen LogP contribution >= 0.6 is 0 Å². The van der Waals surface area contributed by atoms with Crippen molar-refractivity contribution in [1.82, 2.24) is 9.62 Å². The quantitative estimate of drug-likeness (QED) is 0.757. The van der Waals surface area contributed by atoms with Crippen molar-refractivity contribution in [3.63, 3.8) is 0 Å². The van der Waals surface area contributed by atoms with Gasteiger partial charge in [0, 0.05) is 25.2 Å². The number of carbonyl (C=O) groups is 1. The van der Waals surface area contributed by atoms with Crippen LogP contribution in [0.4, 0.5) is 0 Å². The van der Waals surface area contributed by atoms with Gasteiger partial charge < -0.3 is 10.1 Å². The van der Waals surface area contributed by atoms with E-state index in [2.05, 4.69) is 5.32 Å². The van der Waals surface area contributed by atoms with Gasteiger partial charge in [0.25, 0.3) is 0 Å². The molecule has 7 heteroatoms. The number of nitrogens with zero attached hydrogens (tertiary/aromatic N) is 1. The predicted molar refractivity (Wildman–Crippen MR) is 108 cm³/mol. The second kappa shape index (κ2) is 9.03. The Morgan fingerprint density at radius 1 is 1.07 bits per heavy atom. The van der Waals surface area contributed by atoms with Gasteiger partial charge in [-0.15, -0.1) is 0 Å². The van der Waals surface area contributed by atoms with Crippen LogP contribution in [0, 0.1) is 0 Å². The number of benzene rings is 2. The first-order valence-electron chi connectivity index (χ1n) is 9.17. The largest absolute Gasteiger partial charge is 0.497 e. The first-order chi connectivity index (χ1) is 13.5. The number of ether oxygens (including phenoxy) is 1. The Morgan fingerprint density at radius 2 is 1.71 bits per heavy atom. The summed E-state index contributed by atoms with van der Waals surface area (Å²) in [6, 6.07) is 15.9. The molecule has 0 bridgehead atoms. The maximum Gasteiger partial charge on any atom is 0.244 e. The summed E-state index contributed by atoms with van der Waals surface area (Å²) in [6.07, 6.45) is 4.44. The third-order valence-corrected chi connectivity index (χ3v) is 6.64. The van der Waals surface area contributed by atoms with Crippen LogP contribution in [0.15, 0.2) is 65.6 Å². The Hall–Kier alpha value is -2.64. The summed E-state index contributed by atoms with van der Waals surface area (Å²) in [5, 5.41) is 2.95. The molecule has 6 nitrogen and oxygen atoms in total. The van der Waals surface area contributed by atoms with Gasteiger partial charge in [-0.25, -0.2) is 8.42 Å². The molecule has 3 rings (SSSR count). The molecule has 0 spiro atoms. The van der Waals surface area contributed by atoms with E-state index in [1.54, 1.807) is 30.3 Å². The fourth-order valence-electron chi connectivity index (χ4n) is 3.12. The third kappa shape index (κ3) is 4.99. The summed E-state index contributed by atoms with van der Waals surface area (Å²) < 4.78 is 32.1. The fourth-order valence-corrected chi connectivity index (χ4v) is 4.59. The maximum atomic E-state index is 12.8. The van der Waals surface area contributed by atoms with Gasteiger partial charge in [-0.05, 0) is 48.7 Å². The van der Waals surface area contributed by atoms with E-state index in [9.17, 15) is 13.2 Å². The van der Waals surface area contributed by atoms with Crippen LogP contribution in [-0.2, 0) is 14.8 Å². The predicted octanol–water partition coefficient (Wildman–Crippen LogP) is 2.68. The highest BCUT2D eigenvalue weighted by Crippen LogP contribution is 2.22. The zero-order chi connectivity index (χ0) is 20.0. The Bertz CT molecular complexity index is 917. The first-order valence-corrected chi connectivity index (χ1v) is 10.6. The molecule has 1 amide bonds. The van der Waals surface area contributed by atoms with Crippen LogP contribution in [-0.4, -0.2) is 44.9 Å². The first kappa shape index (κ1) is 20.1. The topological polar surface area (TPSA) is 75.7 Å². The van der Waals surface area contributed by atoms with E-state index in [0.29, 0.717) is 31.7 Å². The van der Waals surface area contributed by atoms with Crippen molar-refractivity contribution in [2.75, 3.05) is 20.2 Å². The number of hydrogen-bond donors (Lipinski definition) is 1. The second-order valence-corrected chi connectivity index (χ2v) is 8.54. The average molecular weight is 401 g/mol. The number of hydrogen-bond acceptors (Lipinski definition) is 4. The monoisotopic (exact) mass is 400 g/mol. The molecule has 2 aromatic carbocycles. The lowest BCUT2D eigenvalue weighted by atomic mass is 10.1. The molecule has 148 valence electrons. The molecule has 28 heavy (non-hydrogen) atoms. The summed E-state index contributed by atoms with van der Waals surface area (Å²) in [4.78, 5) is 12.4. The van der Waals surface area contributed by atoms with Crippen molar-refractivity contribution >= 4 is 22.0 Å². The van der Waals surface area contributed by atoms with Gasteiger partial charge in [0.2, 0.25) is 15.9 Å². The zero-order valence-corrected chi connectivity index (χ0v) is 16.6. The van der Waals surface area contributed by atoms with Crippen molar-refractivity contribution in [3.8, 4) is 5.75 Å². The smallest absolute Gasteiger partial charge is 0.244 e. The number of sulfonamides is 1. The standard InChI is InChI=1S/C21H24N2O4S/c1-27-19-8-10-20(11-9-19)28(25,26)23-15-13-18(14-16-23)22-21(24)12-7-17-5-3-2-4-6-17/h2-12,18H,13-16H2,1H3,(H,22,24)/b12-7+. The number of piperidine rings is 1. The maximum absolute atomic E-state index is 12.8. The minimum atomic E-state index is -3.53. The lowest BCUT2D eigenvalue weighted by molar-refractivity contribution is -0.117. The Kier molecular flexibility index (Phi) is 6.49. The fraction of sp³-hybridized carbons (Fsp3) is 0.286. The van der Waals surface area contributed by atoms with Crippen molar-refractivity contribution in [1.29, 1.82) is 0 Å². The summed E-state index contributed by atoms with van der Waals surface area (Å²) >= 11 is 0. The van der Waals surface area contributed by atoms with Crippen LogP contribution in [0.25, 0.3) is 6.08 Å². The van der Waals surface area contributed by atoms with E-state index >= 15 is 0 Å². The summed E-state index contributed by atoms with van der Waals surface area (Å²) in [6.45, 7) is 0.753. The lowest BCUT2D eigenvalue weighted by Gasteiger charge is -2.31. The van der Waals surface area contributed by atoms with E-state index in [0.717, 1.165) is 5.56 Å². The molecule has 1 aliphatic heterocycles. The Morgan fingerprint density at radius 3 is 2.32 bits per heavy atom. The number of methoxy groups -OCH3 is 1.